The van der Waals surface area contributed by atoms with Crippen LogP contribution in [-0.4, -0.2) is 6.54 Å². The Labute approximate surface area is 132 Å². The first-order valence-electron chi connectivity index (χ1n) is 6.72. The molecule has 0 heterocycles. The number of nitrogens with one attached hydrogen (secondary N) is 1. The van der Waals surface area contributed by atoms with E-state index >= 15 is 0 Å². The second-order valence-electron chi connectivity index (χ2n) is 4.61. The Morgan fingerprint density at radius 2 is 1.90 bits per heavy atom. The third-order valence-corrected chi connectivity index (χ3v) is 4.21. The summed E-state index contributed by atoms with van der Waals surface area (Å²) in [5.74, 6) is -1.68. The quantitative estimate of drug-likeness (QED) is 0.725. The van der Waals surface area contributed by atoms with E-state index < -0.39 is 11.6 Å². The molecular formula is C16H16ClF2NS. The summed E-state index contributed by atoms with van der Waals surface area (Å²) in [5, 5.41) is 3.95. The van der Waals surface area contributed by atoms with Gasteiger partial charge in [0.15, 0.2) is 11.6 Å². The minimum absolute atomic E-state index is 0.624. The standard InChI is InChI=1S/C16H16ClF2NS/c1-2-7-20-10-11-3-4-12(17)8-16(11)21-13-5-6-14(18)15(19)9-13/h3-6,8-9,20H,2,7,10H2,1H3. The molecule has 112 valence electrons. The van der Waals surface area contributed by atoms with E-state index in [-0.39, 0.29) is 0 Å². The van der Waals surface area contributed by atoms with Crippen molar-refractivity contribution in [2.75, 3.05) is 6.54 Å². The number of benzene rings is 2. The maximum absolute atomic E-state index is 13.3. The van der Waals surface area contributed by atoms with E-state index in [1.54, 1.807) is 6.07 Å². The second kappa shape index (κ2) is 7.78. The molecule has 0 aliphatic carbocycles. The van der Waals surface area contributed by atoms with Gasteiger partial charge >= 0.3 is 0 Å². The Balaban J connectivity index is 2.20. The molecule has 1 N–H and O–H groups in total. The highest BCUT2D eigenvalue weighted by atomic mass is 35.5. The van der Waals surface area contributed by atoms with Crippen LogP contribution in [0, 0.1) is 11.6 Å². The zero-order valence-electron chi connectivity index (χ0n) is 11.6. The molecule has 0 saturated carbocycles. The van der Waals surface area contributed by atoms with Crippen molar-refractivity contribution in [3.63, 3.8) is 0 Å². The number of rotatable bonds is 6. The molecule has 2 aromatic rings. The lowest BCUT2D eigenvalue weighted by atomic mass is 10.2. The lowest BCUT2D eigenvalue weighted by molar-refractivity contribution is 0.506. The molecule has 5 heteroatoms. The van der Waals surface area contributed by atoms with Crippen LogP contribution in [0.4, 0.5) is 8.78 Å². The van der Waals surface area contributed by atoms with Crippen molar-refractivity contribution >= 4 is 23.4 Å². The van der Waals surface area contributed by atoms with E-state index in [2.05, 4.69) is 12.2 Å². The average Bonchev–Trinajstić information content (AvgIpc) is 2.45. The minimum atomic E-state index is -0.840. The van der Waals surface area contributed by atoms with Crippen molar-refractivity contribution < 1.29 is 8.78 Å². The summed E-state index contributed by atoms with van der Waals surface area (Å²) in [5.41, 5.74) is 1.09. The van der Waals surface area contributed by atoms with Crippen LogP contribution in [0.15, 0.2) is 46.2 Å². The van der Waals surface area contributed by atoms with E-state index in [4.69, 9.17) is 11.6 Å². The molecule has 0 spiro atoms. The fraction of sp³-hybridized carbons (Fsp3) is 0.250. The van der Waals surface area contributed by atoms with Gasteiger partial charge in [0.2, 0.25) is 0 Å². The van der Waals surface area contributed by atoms with E-state index in [0.29, 0.717) is 9.92 Å². The summed E-state index contributed by atoms with van der Waals surface area (Å²) in [7, 11) is 0. The van der Waals surface area contributed by atoms with E-state index in [1.165, 1.54) is 17.8 Å². The molecular weight excluding hydrogens is 312 g/mol. The molecule has 2 rings (SSSR count). The summed E-state index contributed by atoms with van der Waals surface area (Å²) >= 11 is 7.41. The van der Waals surface area contributed by atoms with Crippen molar-refractivity contribution in [1.29, 1.82) is 0 Å². The van der Waals surface area contributed by atoms with Gasteiger partial charge in [-0.05, 0) is 48.9 Å². The molecule has 2 aromatic carbocycles. The third kappa shape index (κ3) is 4.70. The molecule has 0 unspecified atom stereocenters. The Hall–Kier alpha value is -1.10. The minimum Gasteiger partial charge on any atom is -0.313 e. The molecule has 0 aromatic heterocycles. The highest BCUT2D eigenvalue weighted by Crippen LogP contribution is 2.33. The number of halogens is 3. The Kier molecular flexibility index (Phi) is 6.03. The van der Waals surface area contributed by atoms with Crippen LogP contribution in [0.1, 0.15) is 18.9 Å². The van der Waals surface area contributed by atoms with Gasteiger partial charge in [-0.25, -0.2) is 8.78 Å². The number of hydrogen-bond donors (Lipinski definition) is 1. The SMILES string of the molecule is CCCNCc1ccc(Cl)cc1Sc1ccc(F)c(F)c1. The first-order chi connectivity index (χ1) is 10.1. The van der Waals surface area contributed by atoms with Gasteiger partial charge in [0.25, 0.3) is 0 Å². The molecule has 21 heavy (non-hydrogen) atoms. The Morgan fingerprint density at radius 3 is 2.62 bits per heavy atom. The van der Waals surface area contributed by atoms with Crippen LogP contribution in [0.3, 0.4) is 0 Å². The highest BCUT2D eigenvalue weighted by molar-refractivity contribution is 7.99. The van der Waals surface area contributed by atoms with Crippen LogP contribution in [0.5, 0.6) is 0 Å². The predicted molar refractivity (Wildman–Crippen MR) is 83.9 cm³/mol. The van der Waals surface area contributed by atoms with E-state index in [1.807, 2.05) is 18.2 Å². The van der Waals surface area contributed by atoms with Gasteiger partial charge in [-0.1, -0.05) is 36.4 Å². The summed E-state index contributed by atoms with van der Waals surface area (Å²) in [6.45, 7) is 3.75. The molecule has 0 amide bonds. The fourth-order valence-corrected chi connectivity index (χ4v) is 3.08. The van der Waals surface area contributed by atoms with Gasteiger partial charge < -0.3 is 5.32 Å². The Bertz CT molecular complexity index is 619. The zero-order chi connectivity index (χ0) is 15.2. The van der Waals surface area contributed by atoms with Crippen molar-refractivity contribution in [1.82, 2.24) is 5.32 Å². The van der Waals surface area contributed by atoms with Crippen molar-refractivity contribution in [3.05, 3.63) is 58.6 Å². The molecule has 0 fully saturated rings. The summed E-state index contributed by atoms with van der Waals surface area (Å²) in [6.07, 6.45) is 1.05. The molecule has 0 aliphatic rings. The van der Waals surface area contributed by atoms with Gasteiger partial charge in [0.1, 0.15) is 0 Å². The molecule has 0 saturated heterocycles. The van der Waals surface area contributed by atoms with Gasteiger partial charge in [0.05, 0.1) is 0 Å². The first kappa shape index (κ1) is 16.3. The maximum atomic E-state index is 13.3. The maximum Gasteiger partial charge on any atom is 0.159 e. The monoisotopic (exact) mass is 327 g/mol. The molecule has 0 bridgehead atoms. The Morgan fingerprint density at radius 1 is 1.10 bits per heavy atom. The smallest absolute Gasteiger partial charge is 0.159 e. The predicted octanol–water partition coefficient (Wildman–Crippen LogP) is 5.27. The van der Waals surface area contributed by atoms with Crippen LogP contribution < -0.4 is 5.32 Å². The largest absolute Gasteiger partial charge is 0.313 e. The molecule has 1 nitrogen and oxygen atoms in total. The fourth-order valence-electron chi connectivity index (χ4n) is 1.84. The van der Waals surface area contributed by atoms with Crippen LogP contribution >= 0.6 is 23.4 Å². The molecule has 0 atom stereocenters. The average molecular weight is 328 g/mol. The third-order valence-electron chi connectivity index (χ3n) is 2.89. The molecule has 0 aliphatic heterocycles. The second-order valence-corrected chi connectivity index (χ2v) is 6.16. The van der Waals surface area contributed by atoms with Crippen LogP contribution in [0.25, 0.3) is 0 Å². The highest BCUT2D eigenvalue weighted by Gasteiger charge is 2.08. The van der Waals surface area contributed by atoms with Gasteiger partial charge in [-0.3, -0.25) is 0 Å². The lowest BCUT2D eigenvalue weighted by Gasteiger charge is -2.11. The van der Waals surface area contributed by atoms with Gasteiger partial charge in [-0.2, -0.15) is 0 Å². The molecule has 0 radical (unpaired) electrons. The summed E-state index contributed by atoms with van der Waals surface area (Å²) < 4.78 is 26.3. The van der Waals surface area contributed by atoms with Gasteiger partial charge in [-0.15, -0.1) is 0 Å². The number of hydrogen-bond acceptors (Lipinski definition) is 2. The van der Waals surface area contributed by atoms with Crippen LogP contribution in [0.2, 0.25) is 5.02 Å². The van der Waals surface area contributed by atoms with Crippen molar-refractivity contribution in [2.45, 2.75) is 29.7 Å². The van der Waals surface area contributed by atoms with Crippen molar-refractivity contribution in [2.24, 2.45) is 0 Å². The topological polar surface area (TPSA) is 12.0 Å². The van der Waals surface area contributed by atoms with Crippen LogP contribution in [-0.2, 0) is 6.54 Å². The van der Waals surface area contributed by atoms with E-state index in [0.717, 1.165) is 36.0 Å². The van der Waals surface area contributed by atoms with E-state index in [9.17, 15) is 8.78 Å². The summed E-state index contributed by atoms with van der Waals surface area (Å²) in [6, 6.07) is 9.53. The zero-order valence-corrected chi connectivity index (χ0v) is 13.2. The first-order valence-corrected chi connectivity index (χ1v) is 7.91. The normalized spacial score (nSPS) is 10.9. The van der Waals surface area contributed by atoms with Crippen molar-refractivity contribution in [3.8, 4) is 0 Å². The lowest BCUT2D eigenvalue weighted by Crippen LogP contribution is -2.14. The summed E-state index contributed by atoms with van der Waals surface area (Å²) in [4.78, 5) is 1.59. The van der Waals surface area contributed by atoms with Gasteiger partial charge in [0, 0.05) is 21.4 Å².